The number of methoxy groups -OCH3 is 1. The van der Waals surface area contributed by atoms with E-state index in [9.17, 15) is 19.2 Å². The molecule has 0 saturated heterocycles. The molecular weight excluding hydrogens is 542 g/mol. The number of nitrogens with one attached hydrogen (secondary N) is 1. The summed E-state index contributed by atoms with van der Waals surface area (Å²) in [6.45, 7) is 11.1. The lowest BCUT2D eigenvalue weighted by atomic mass is 9.89. The number of amides is 4. The van der Waals surface area contributed by atoms with Gasteiger partial charge < -0.3 is 25.4 Å². The van der Waals surface area contributed by atoms with Crippen LogP contribution in [0.15, 0.2) is 29.4 Å². The molecule has 0 heterocycles. The summed E-state index contributed by atoms with van der Waals surface area (Å²) in [6, 6.07) is 4.26. The molecule has 13 heteroatoms. The molecule has 0 fully saturated rings. The zero-order valence-corrected chi connectivity index (χ0v) is 26.2. The third kappa shape index (κ3) is 10.2. The fourth-order valence-corrected chi connectivity index (χ4v) is 4.90. The molecule has 0 aromatic heterocycles. The lowest BCUT2D eigenvalue weighted by molar-refractivity contribution is -0.144. The number of hydrogen-bond acceptors (Lipinski definition) is 7. The molecule has 1 aromatic carbocycles. The lowest BCUT2D eigenvalue weighted by Gasteiger charge is -2.40. The smallest absolute Gasteiger partial charge is 0.410 e. The van der Waals surface area contributed by atoms with Crippen LogP contribution in [0.1, 0.15) is 59.9 Å². The maximum Gasteiger partial charge on any atom is 0.410 e. The van der Waals surface area contributed by atoms with Crippen LogP contribution in [0.2, 0.25) is 0 Å². The predicted octanol–water partition coefficient (Wildman–Crippen LogP) is 4.13. The molecule has 1 aromatic rings. The highest BCUT2D eigenvalue weighted by molar-refractivity contribution is 5.91. The summed E-state index contributed by atoms with van der Waals surface area (Å²) in [5.41, 5.74) is 15.1. The van der Waals surface area contributed by atoms with E-state index in [0.29, 0.717) is 11.3 Å². The minimum Gasteiger partial charge on any atom is -0.445 e. The average Bonchev–Trinajstić information content (AvgIpc) is 2.93. The van der Waals surface area contributed by atoms with Crippen LogP contribution >= 0.6 is 0 Å². The lowest BCUT2D eigenvalue weighted by Crippen LogP contribution is -2.60. The van der Waals surface area contributed by atoms with E-state index in [-0.39, 0.29) is 36.7 Å². The molecule has 13 nitrogen and oxygen atoms in total. The van der Waals surface area contributed by atoms with E-state index in [4.69, 9.17) is 20.7 Å². The van der Waals surface area contributed by atoms with Crippen molar-refractivity contribution < 1.29 is 28.7 Å². The molecule has 0 saturated carbocycles. The predicted molar refractivity (Wildman–Crippen MR) is 159 cm³/mol. The summed E-state index contributed by atoms with van der Waals surface area (Å²) in [6.07, 6.45) is -0.657. The monoisotopic (exact) mass is 589 g/mol. The quantitative estimate of drug-likeness (QED) is 0.166. The molecule has 0 spiro atoms. The molecule has 0 unspecified atom stereocenters. The molecule has 0 aliphatic rings. The minimum atomic E-state index is -0.920. The van der Waals surface area contributed by atoms with Crippen LogP contribution in [0.5, 0.6) is 0 Å². The van der Waals surface area contributed by atoms with E-state index in [1.54, 1.807) is 45.2 Å². The zero-order chi connectivity index (χ0) is 32.1. The molecule has 0 aliphatic carbocycles. The van der Waals surface area contributed by atoms with Gasteiger partial charge in [-0.15, -0.1) is 0 Å². The van der Waals surface area contributed by atoms with Crippen LogP contribution < -0.4 is 11.1 Å². The van der Waals surface area contributed by atoms with E-state index in [1.807, 2.05) is 27.7 Å². The molecule has 0 bridgehead atoms. The Morgan fingerprint density at radius 2 is 1.62 bits per heavy atom. The first-order valence-corrected chi connectivity index (χ1v) is 14.1. The Morgan fingerprint density at radius 1 is 1.02 bits per heavy atom. The molecule has 0 radical (unpaired) electrons. The highest BCUT2D eigenvalue weighted by Gasteiger charge is 2.39. The van der Waals surface area contributed by atoms with Gasteiger partial charge in [0.2, 0.25) is 17.7 Å². The first-order valence-electron chi connectivity index (χ1n) is 14.1. The number of carbonyl (C=O) groups excluding carboxylic acids is 4. The minimum absolute atomic E-state index is 0.0219. The van der Waals surface area contributed by atoms with Crippen molar-refractivity contribution in [3.8, 4) is 0 Å². The van der Waals surface area contributed by atoms with Gasteiger partial charge in [-0.1, -0.05) is 77.3 Å². The van der Waals surface area contributed by atoms with Gasteiger partial charge in [0, 0.05) is 31.8 Å². The second-order valence-electron chi connectivity index (χ2n) is 11.2. The highest BCUT2D eigenvalue weighted by Crippen LogP contribution is 2.23. The Morgan fingerprint density at radius 3 is 2.07 bits per heavy atom. The number of benzene rings is 1. The summed E-state index contributed by atoms with van der Waals surface area (Å²) in [5.74, 6) is -1.98. The molecule has 0 aliphatic heterocycles. The van der Waals surface area contributed by atoms with E-state index in [0.717, 1.165) is 6.42 Å². The van der Waals surface area contributed by atoms with Crippen molar-refractivity contribution in [1.82, 2.24) is 15.1 Å². The van der Waals surface area contributed by atoms with Crippen molar-refractivity contribution in [2.45, 2.75) is 85.2 Å². The SMILES string of the molecule is CC[C@H](C)[C@@H]([C@@H](CC(N)=O)OC)N(C)C(=O)[C@@H](NC(=O)[C@H](C(C)C)N(C)C(=O)OCc1ccc(N=[N+]=[N-])cc1)C(C)C. The van der Waals surface area contributed by atoms with Crippen molar-refractivity contribution in [3.63, 3.8) is 0 Å². The van der Waals surface area contributed by atoms with Crippen molar-refractivity contribution >= 4 is 29.5 Å². The number of likely N-dealkylation sites (N-methyl/N-ethyl adjacent to an activating group) is 2. The Balaban J connectivity index is 3.11. The summed E-state index contributed by atoms with van der Waals surface area (Å²) in [5, 5.41) is 6.37. The van der Waals surface area contributed by atoms with Crippen molar-refractivity contribution in [3.05, 3.63) is 40.3 Å². The molecule has 3 N–H and O–H groups in total. The molecular formula is C29H47N7O6. The van der Waals surface area contributed by atoms with Crippen LogP contribution in [0.4, 0.5) is 10.5 Å². The van der Waals surface area contributed by atoms with Crippen molar-refractivity contribution in [2.24, 2.45) is 28.6 Å². The second-order valence-corrected chi connectivity index (χ2v) is 11.2. The number of nitrogens with two attached hydrogens (primary N) is 1. The van der Waals surface area contributed by atoms with Gasteiger partial charge >= 0.3 is 6.09 Å². The van der Waals surface area contributed by atoms with Gasteiger partial charge in [0.25, 0.3) is 0 Å². The normalized spacial score (nSPS) is 14.6. The number of ether oxygens (including phenoxy) is 2. The maximum absolute atomic E-state index is 13.8. The van der Waals surface area contributed by atoms with Gasteiger partial charge in [0.1, 0.15) is 18.7 Å². The summed E-state index contributed by atoms with van der Waals surface area (Å²) >= 11 is 0. The van der Waals surface area contributed by atoms with Gasteiger partial charge in [0.05, 0.1) is 18.6 Å². The number of primary amides is 1. The second kappa shape index (κ2) is 17.2. The largest absolute Gasteiger partial charge is 0.445 e. The summed E-state index contributed by atoms with van der Waals surface area (Å²) < 4.78 is 11.0. The van der Waals surface area contributed by atoms with Gasteiger partial charge in [-0.05, 0) is 28.8 Å². The molecule has 42 heavy (non-hydrogen) atoms. The summed E-state index contributed by atoms with van der Waals surface area (Å²) in [4.78, 5) is 57.5. The van der Waals surface area contributed by atoms with Gasteiger partial charge in [-0.25, -0.2) is 4.79 Å². The van der Waals surface area contributed by atoms with Crippen LogP contribution in [0.25, 0.3) is 10.4 Å². The fraction of sp³-hybridized carbons (Fsp3) is 0.655. The van der Waals surface area contributed by atoms with Gasteiger partial charge in [0.15, 0.2) is 0 Å². The standard InChI is InChI=1S/C29H47N7O6/c1-10-19(6)26(22(41-9)15-23(30)37)35(7)28(39)24(17(2)3)32-27(38)25(18(4)5)36(8)29(40)42-16-20-11-13-21(14-12-20)33-34-31/h11-14,17-19,22,24-26H,10,15-16H2,1-9H3,(H2,30,37)(H,32,38)/t19-,22+,24-,25-,26-/m0/s1. The van der Waals surface area contributed by atoms with Crippen LogP contribution in [-0.4, -0.2) is 79.0 Å². The van der Waals surface area contributed by atoms with Crippen LogP contribution in [0, 0.1) is 17.8 Å². The fourth-order valence-electron chi connectivity index (χ4n) is 4.90. The van der Waals surface area contributed by atoms with E-state index in [2.05, 4.69) is 15.3 Å². The van der Waals surface area contributed by atoms with E-state index in [1.165, 1.54) is 24.0 Å². The molecule has 234 valence electrons. The third-order valence-corrected chi connectivity index (χ3v) is 7.40. The van der Waals surface area contributed by atoms with Crippen LogP contribution in [0.3, 0.4) is 0 Å². The van der Waals surface area contributed by atoms with Crippen molar-refractivity contribution in [1.29, 1.82) is 0 Å². The van der Waals surface area contributed by atoms with Gasteiger partial charge in [-0.2, -0.15) is 0 Å². The topological polar surface area (TPSA) is 180 Å². The Hall–Kier alpha value is -3.83. The number of rotatable bonds is 16. The Kier molecular flexibility index (Phi) is 14.8. The third-order valence-electron chi connectivity index (χ3n) is 7.40. The average molecular weight is 590 g/mol. The van der Waals surface area contributed by atoms with Crippen LogP contribution in [-0.2, 0) is 30.5 Å². The molecule has 5 atom stereocenters. The number of azide groups is 1. The molecule has 4 amide bonds. The highest BCUT2D eigenvalue weighted by atomic mass is 16.6. The molecule has 1 rings (SSSR count). The first kappa shape index (κ1) is 36.2. The number of hydrogen-bond donors (Lipinski definition) is 2. The Bertz CT molecular complexity index is 1100. The number of nitrogens with zero attached hydrogens (tertiary/aromatic N) is 5. The Labute approximate surface area is 248 Å². The maximum atomic E-state index is 13.8. The van der Waals surface area contributed by atoms with Crippen molar-refractivity contribution in [2.75, 3.05) is 21.2 Å². The number of carbonyl (C=O) groups is 4. The van der Waals surface area contributed by atoms with E-state index >= 15 is 0 Å². The van der Waals surface area contributed by atoms with E-state index < -0.39 is 42.1 Å². The first-order chi connectivity index (χ1) is 19.7. The van der Waals surface area contributed by atoms with Gasteiger partial charge in [-0.3, -0.25) is 19.3 Å². The zero-order valence-electron chi connectivity index (χ0n) is 26.2. The summed E-state index contributed by atoms with van der Waals surface area (Å²) in [7, 11) is 4.58.